The molecule has 2 aromatic rings. The van der Waals surface area contributed by atoms with Crippen LogP contribution >= 0.6 is 0 Å². The van der Waals surface area contributed by atoms with Crippen LogP contribution in [0.5, 0.6) is 0 Å². The monoisotopic (exact) mass is 405 g/mol. The Balaban J connectivity index is 1.74. The van der Waals surface area contributed by atoms with Crippen LogP contribution in [0.4, 0.5) is 0 Å². The lowest BCUT2D eigenvalue weighted by atomic mass is 9.35. The van der Waals surface area contributed by atoms with Crippen LogP contribution in [0.3, 0.4) is 0 Å². The number of hydrogen-bond donors (Lipinski definition) is 2. The Morgan fingerprint density at radius 1 is 1.10 bits per heavy atom. The van der Waals surface area contributed by atoms with Gasteiger partial charge in [-0.1, -0.05) is 51.1 Å². The quantitative estimate of drug-likeness (QED) is 0.515. The highest BCUT2D eigenvalue weighted by atomic mass is 16.3. The lowest BCUT2D eigenvalue weighted by Crippen LogP contribution is -2.65. The fourth-order valence-corrected chi connectivity index (χ4v) is 8.57. The molecule has 1 heterocycles. The normalized spacial score (nSPS) is 43.8. The van der Waals surface area contributed by atoms with Crippen LogP contribution in [0.1, 0.15) is 77.7 Å². The minimum atomic E-state index is -0.176. The third kappa shape index (κ3) is 2.52. The number of fused-ring (bicyclic) bond motifs is 1. The minimum absolute atomic E-state index is 0.0251. The first kappa shape index (κ1) is 20.4. The molecule has 5 rings (SSSR count). The third-order valence-corrected chi connectivity index (χ3v) is 10.2. The number of rotatable bonds is 2. The van der Waals surface area contributed by atoms with E-state index in [-0.39, 0.29) is 16.9 Å². The number of para-hydroxylation sites is 1. The van der Waals surface area contributed by atoms with E-state index in [1.165, 1.54) is 41.3 Å². The van der Waals surface area contributed by atoms with Crippen LogP contribution < -0.4 is 0 Å². The topological polar surface area (TPSA) is 36.0 Å². The first-order valence-electron chi connectivity index (χ1n) is 12.2. The van der Waals surface area contributed by atoms with Crippen LogP contribution in [0.2, 0.25) is 0 Å². The van der Waals surface area contributed by atoms with Gasteiger partial charge < -0.3 is 10.1 Å². The maximum atomic E-state index is 11.7. The van der Waals surface area contributed by atoms with Crippen LogP contribution in [-0.4, -0.2) is 16.2 Å². The lowest BCUT2D eigenvalue weighted by molar-refractivity contribution is -0.228. The van der Waals surface area contributed by atoms with Crippen molar-refractivity contribution in [2.45, 2.75) is 78.2 Å². The Morgan fingerprint density at radius 2 is 1.87 bits per heavy atom. The molecule has 3 saturated carbocycles. The van der Waals surface area contributed by atoms with E-state index in [2.05, 4.69) is 69.7 Å². The van der Waals surface area contributed by atoms with E-state index in [0.29, 0.717) is 29.6 Å². The molecule has 1 aromatic heterocycles. The molecular formula is C28H39NO. The van der Waals surface area contributed by atoms with Crippen molar-refractivity contribution in [2.24, 2.45) is 34.5 Å². The summed E-state index contributed by atoms with van der Waals surface area (Å²) in [4.78, 5) is 3.56. The Morgan fingerprint density at radius 3 is 2.63 bits per heavy atom. The predicted molar refractivity (Wildman–Crippen MR) is 125 cm³/mol. The number of benzene rings is 1. The van der Waals surface area contributed by atoms with Gasteiger partial charge in [-0.2, -0.15) is 0 Å². The number of H-pyrrole nitrogens is 1. The summed E-state index contributed by atoms with van der Waals surface area (Å²) in [6.07, 6.45) is 9.10. The van der Waals surface area contributed by atoms with Gasteiger partial charge >= 0.3 is 0 Å². The predicted octanol–water partition coefficient (Wildman–Crippen LogP) is 7.07. The second-order valence-corrected chi connectivity index (χ2v) is 11.3. The van der Waals surface area contributed by atoms with Gasteiger partial charge in [0.25, 0.3) is 0 Å². The number of nitrogens with one attached hydrogen (secondary N) is 1. The molecule has 0 amide bonds. The van der Waals surface area contributed by atoms with Crippen molar-refractivity contribution >= 4 is 10.9 Å². The highest BCUT2D eigenvalue weighted by Crippen LogP contribution is 2.72. The van der Waals surface area contributed by atoms with Gasteiger partial charge in [-0.15, -0.1) is 0 Å². The van der Waals surface area contributed by atoms with Crippen molar-refractivity contribution in [2.75, 3.05) is 0 Å². The molecule has 2 N–H and O–H groups in total. The summed E-state index contributed by atoms with van der Waals surface area (Å²) >= 11 is 0. The summed E-state index contributed by atoms with van der Waals surface area (Å²) in [7, 11) is 0. The lowest BCUT2D eigenvalue weighted by Gasteiger charge is -2.69. The second-order valence-electron chi connectivity index (χ2n) is 11.3. The van der Waals surface area contributed by atoms with E-state index < -0.39 is 0 Å². The highest BCUT2D eigenvalue weighted by Gasteiger charge is 2.67. The Hall–Kier alpha value is -1.54. The first-order chi connectivity index (χ1) is 14.3. The van der Waals surface area contributed by atoms with E-state index in [1.807, 2.05) is 0 Å². The van der Waals surface area contributed by atoms with Crippen molar-refractivity contribution in [3.05, 3.63) is 48.2 Å². The first-order valence-corrected chi connectivity index (χ1v) is 12.2. The summed E-state index contributed by atoms with van der Waals surface area (Å²) in [6, 6.07) is 8.76. The van der Waals surface area contributed by atoms with E-state index >= 15 is 0 Å². The average Bonchev–Trinajstić information content (AvgIpc) is 3.16. The van der Waals surface area contributed by atoms with Gasteiger partial charge in [0.1, 0.15) is 0 Å². The molecule has 0 aliphatic heterocycles. The smallest absolute Gasteiger partial charge is 0.0604 e. The SMILES string of the molecule is C=C(C)C1CC[C@@]23[C@H](C1c1c[nH]c4ccccc14)[C@H](C)CC[C@@]2(C)[C@H](C)CC[C@@H]3O. The maximum absolute atomic E-state index is 11.7. The third-order valence-electron chi connectivity index (χ3n) is 10.2. The second kappa shape index (κ2) is 6.99. The van der Waals surface area contributed by atoms with Crippen LogP contribution in [0, 0.1) is 34.5 Å². The fourth-order valence-electron chi connectivity index (χ4n) is 8.57. The molecule has 2 nitrogen and oxygen atoms in total. The molecule has 2 heteroatoms. The average molecular weight is 406 g/mol. The fraction of sp³-hybridized carbons (Fsp3) is 0.643. The number of aromatic amines is 1. The van der Waals surface area contributed by atoms with Gasteiger partial charge in [-0.05, 0) is 92.1 Å². The van der Waals surface area contributed by atoms with Gasteiger partial charge in [0.15, 0.2) is 0 Å². The Labute approximate surface area is 182 Å². The van der Waals surface area contributed by atoms with Crippen molar-refractivity contribution in [1.82, 2.24) is 4.98 Å². The summed E-state index contributed by atoms with van der Waals surface area (Å²) in [5.74, 6) is 2.74. The Kier molecular flexibility index (Phi) is 4.74. The number of aromatic nitrogens is 1. The zero-order valence-corrected chi connectivity index (χ0v) is 19.2. The van der Waals surface area contributed by atoms with Gasteiger partial charge in [0, 0.05) is 22.5 Å². The van der Waals surface area contributed by atoms with Crippen LogP contribution in [0.25, 0.3) is 10.9 Å². The van der Waals surface area contributed by atoms with Gasteiger partial charge in [-0.25, -0.2) is 0 Å². The van der Waals surface area contributed by atoms with Gasteiger partial charge in [0.05, 0.1) is 6.10 Å². The molecule has 1 aromatic carbocycles. The summed E-state index contributed by atoms with van der Waals surface area (Å²) in [5.41, 5.74) is 4.27. The van der Waals surface area contributed by atoms with E-state index in [0.717, 1.165) is 19.3 Å². The maximum Gasteiger partial charge on any atom is 0.0604 e. The molecule has 0 radical (unpaired) electrons. The zero-order chi connectivity index (χ0) is 21.3. The number of aliphatic hydroxyl groups is 1. The summed E-state index contributed by atoms with van der Waals surface area (Å²) < 4.78 is 0. The van der Waals surface area contributed by atoms with Crippen molar-refractivity contribution in [1.29, 1.82) is 0 Å². The minimum Gasteiger partial charge on any atom is -0.393 e. The molecule has 2 unspecified atom stereocenters. The van der Waals surface area contributed by atoms with E-state index in [4.69, 9.17) is 0 Å². The van der Waals surface area contributed by atoms with E-state index in [9.17, 15) is 5.11 Å². The number of aliphatic hydroxyl groups excluding tert-OH is 1. The molecule has 162 valence electrons. The van der Waals surface area contributed by atoms with Crippen molar-refractivity contribution in [3.8, 4) is 0 Å². The molecule has 3 fully saturated rings. The standard InChI is InChI=1S/C28H39NO/c1-17(2)20-13-15-28-24(30)11-10-19(4)27(28,5)14-12-18(3)26(28)25(20)22-16-29-23-9-7-6-8-21(22)23/h6-9,16,18-20,24-26,29-30H,1,10-15H2,2-5H3/t18-,19-,20?,24+,25?,26+,27+,28-/m1/s1. The molecular weight excluding hydrogens is 366 g/mol. The zero-order valence-electron chi connectivity index (χ0n) is 19.2. The number of allylic oxidation sites excluding steroid dienone is 1. The highest BCUT2D eigenvalue weighted by molar-refractivity contribution is 5.83. The van der Waals surface area contributed by atoms with Gasteiger partial charge in [-0.3, -0.25) is 0 Å². The van der Waals surface area contributed by atoms with Crippen molar-refractivity contribution in [3.63, 3.8) is 0 Å². The molecule has 0 saturated heterocycles. The molecule has 30 heavy (non-hydrogen) atoms. The van der Waals surface area contributed by atoms with Crippen LogP contribution in [-0.2, 0) is 0 Å². The molecule has 3 aliphatic carbocycles. The van der Waals surface area contributed by atoms with Crippen molar-refractivity contribution < 1.29 is 5.11 Å². The summed E-state index contributed by atoms with van der Waals surface area (Å²) in [5, 5.41) is 13.1. The van der Waals surface area contributed by atoms with Crippen LogP contribution in [0.15, 0.2) is 42.6 Å². The van der Waals surface area contributed by atoms with E-state index in [1.54, 1.807) is 0 Å². The largest absolute Gasteiger partial charge is 0.393 e. The van der Waals surface area contributed by atoms with Gasteiger partial charge in [0.2, 0.25) is 0 Å². The molecule has 8 atom stereocenters. The molecule has 3 aliphatic rings. The molecule has 0 bridgehead atoms. The number of hydrogen-bond acceptors (Lipinski definition) is 1. The Bertz CT molecular complexity index is 958. The summed E-state index contributed by atoms with van der Waals surface area (Å²) in [6.45, 7) is 14.2. The molecule has 1 spiro atoms.